The van der Waals surface area contributed by atoms with Gasteiger partial charge in [-0.15, -0.1) is 0 Å². The van der Waals surface area contributed by atoms with Gasteiger partial charge in [0.1, 0.15) is 5.54 Å². The summed E-state index contributed by atoms with van der Waals surface area (Å²) in [4.78, 5) is 38.0. The predicted molar refractivity (Wildman–Crippen MR) is 148 cm³/mol. The molecule has 1 heterocycles. The molecule has 0 atom stereocenters. The molecule has 1 aliphatic carbocycles. The quantitative estimate of drug-likeness (QED) is 0.286. The van der Waals surface area contributed by atoms with Crippen LogP contribution in [0, 0.1) is 6.92 Å². The minimum atomic E-state index is -1.17. The Hall–Kier alpha value is -4.45. The number of aromatic nitrogens is 1. The smallest absolute Gasteiger partial charge is 0.329 e. The fraction of sp³-hybridized carbons (Fsp3) is 0.219. The number of hydrogen-bond donors (Lipinski definition) is 2. The summed E-state index contributed by atoms with van der Waals surface area (Å²) >= 11 is 0. The van der Waals surface area contributed by atoms with Gasteiger partial charge in [-0.25, -0.2) is 4.79 Å². The van der Waals surface area contributed by atoms with Gasteiger partial charge in [-0.2, -0.15) is 0 Å². The summed E-state index contributed by atoms with van der Waals surface area (Å²) in [5.41, 5.74) is 3.48. The molecule has 0 spiro atoms. The minimum Gasteiger partial charge on any atom is -0.480 e. The molecule has 0 aliphatic heterocycles. The highest BCUT2D eigenvalue weighted by Gasteiger charge is 2.42. The standard InChI is InChI=1S/C32H30N2O4/c1-22-13-15-24(16-14-22)29(35)27-21-34(28-12-3-2-11-26(27)28)19-7-9-23-8-6-10-25(20-23)30(36)33-32(31(37)38)17-4-5-18-32/h2-3,6-16,20-21H,4-5,17-19H2,1H3,(H,33,36)(H,37,38)/b9-7+. The number of carboxylic acids is 1. The maximum absolute atomic E-state index is 13.3. The van der Waals surface area contributed by atoms with E-state index in [-0.39, 0.29) is 11.7 Å². The molecule has 0 radical (unpaired) electrons. The molecule has 1 amide bonds. The van der Waals surface area contributed by atoms with Gasteiger partial charge in [0.25, 0.3) is 5.91 Å². The van der Waals surface area contributed by atoms with E-state index in [1.54, 1.807) is 18.2 Å². The molecule has 0 unspecified atom stereocenters. The first kappa shape index (κ1) is 25.2. The lowest BCUT2D eigenvalue weighted by molar-refractivity contribution is -0.144. The van der Waals surface area contributed by atoms with Crippen LogP contribution in [0.2, 0.25) is 0 Å². The molecule has 6 heteroatoms. The number of aryl methyl sites for hydroxylation is 1. The van der Waals surface area contributed by atoms with E-state index in [4.69, 9.17) is 0 Å². The molecule has 6 nitrogen and oxygen atoms in total. The third-order valence-corrected chi connectivity index (χ3v) is 7.33. The van der Waals surface area contributed by atoms with Gasteiger partial charge in [0.2, 0.25) is 0 Å². The van der Waals surface area contributed by atoms with Gasteiger partial charge >= 0.3 is 5.97 Å². The number of carboxylic acid groups (broad SMARTS) is 1. The largest absolute Gasteiger partial charge is 0.480 e. The summed E-state index contributed by atoms with van der Waals surface area (Å²) in [5.74, 6) is -1.36. The summed E-state index contributed by atoms with van der Waals surface area (Å²) in [6, 6.07) is 22.6. The maximum Gasteiger partial charge on any atom is 0.329 e. The van der Waals surface area contributed by atoms with Crippen molar-refractivity contribution in [3.63, 3.8) is 0 Å². The van der Waals surface area contributed by atoms with Gasteiger partial charge in [0, 0.05) is 40.3 Å². The number of hydrogen-bond acceptors (Lipinski definition) is 3. The van der Waals surface area contributed by atoms with Crippen LogP contribution >= 0.6 is 0 Å². The number of para-hydroxylation sites is 1. The number of carbonyl (C=O) groups excluding carboxylic acids is 2. The molecule has 3 aromatic carbocycles. The molecule has 4 aromatic rings. The molecule has 1 aliphatic rings. The third-order valence-electron chi connectivity index (χ3n) is 7.33. The maximum atomic E-state index is 13.3. The van der Waals surface area contributed by atoms with Crippen molar-refractivity contribution in [2.75, 3.05) is 0 Å². The van der Waals surface area contributed by atoms with Crippen LogP contribution < -0.4 is 5.32 Å². The zero-order valence-corrected chi connectivity index (χ0v) is 21.3. The Labute approximate surface area is 221 Å². The highest BCUT2D eigenvalue weighted by Crippen LogP contribution is 2.30. The fourth-order valence-electron chi connectivity index (χ4n) is 5.19. The molecule has 192 valence electrons. The van der Waals surface area contributed by atoms with Gasteiger partial charge in [-0.1, -0.05) is 85.2 Å². The summed E-state index contributed by atoms with van der Waals surface area (Å²) in [6.07, 6.45) is 8.30. The fourth-order valence-corrected chi connectivity index (χ4v) is 5.19. The van der Waals surface area contributed by atoms with Crippen molar-refractivity contribution in [2.24, 2.45) is 0 Å². The van der Waals surface area contributed by atoms with Gasteiger partial charge in [-0.05, 0) is 43.5 Å². The van der Waals surface area contributed by atoms with Crippen LogP contribution in [0.5, 0.6) is 0 Å². The normalized spacial score (nSPS) is 14.7. The number of allylic oxidation sites excluding steroid dienone is 1. The van der Waals surface area contributed by atoms with Crippen molar-refractivity contribution in [1.82, 2.24) is 9.88 Å². The molecule has 2 N–H and O–H groups in total. The van der Waals surface area contributed by atoms with Crippen LogP contribution in [0.4, 0.5) is 0 Å². The Kier molecular flexibility index (Phi) is 6.97. The van der Waals surface area contributed by atoms with Crippen LogP contribution in [0.1, 0.15) is 63.1 Å². The molecule has 1 saturated carbocycles. The second kappa shape index (κ2) is 10.5. The topological polar surface area (TPSA) is 88.4 Å². The second-order valence-corrected chi connectivity index (χ2v) is 9.98. The van der Waals surface area contributed by atoms with Crippen LogP contribution in [-0.2, 0) is 11.3 Å². The number of nitrogens with one attached hydrogen (secondary N) is 1. The van der Waals surface area contributed by atoms with Crippen molar-refractivity contribution >= 4 is 34.6 Å². The number of rotatable bonds is 8. The molecular weight excluding hydrogens is 476 g/mol. The number of carbonyl (C=O) groups is 3. The zero-order valence-electron chi connectivity index (χ0n) is 21.3. The Morgan fingerprint density at radius 1 is 0.947 bits per heavy atom. The average Bonchev–Trinajstić information content (AvgIpc) is 3.55. The van der Waals surface area contributed by atoms with Crippen molar-refractivity contribution in [1.29, 1.82) is 0 Å². The first-order valence-electron chi connectivity index (χ1n) is 12.9. The highest BCUT2D eigenvalue weighted by atomic mass is 16.4. The van der Waals surface area contributed by atoms with E-state index in [0.717, 1.165) is 34.9 Å². The van der Waals surface area contributed by atoms with E-state index < -0.39 is 11.5 Å². The summed E-state index contributed by atoms with van der Waals surface area (Å²) in [7, 11) is 0. The van der Waals surface area contributed by atoms with E-state index in [1.807, 2.05) is 84.4 Å². The van der Waals surface area contributed by atoms with Crippen molar-refractivity contribution in [2.45, 2.75) is 44.7 Å². The molecule has 38 heavy (non-hydrogen) atoms. The van der Waals surface area contributed by atoms with E-state index in [1.165, 1.54) is 0 Å². The lowest BCUT2D eigenvalue weighted by atomic mass is 9.97. The second-order valence-electron chi connectivity index (χ2n) is 9.98. The number of fused-ring (bicyclic) bond motifs is 1. The lowest BCUT2D eigenvalue weighted by Gasteiger charge is -2.25. The molecular formula is C32H30N2O4. The molecule has 0 saturated heterocycles. The van der Waals surface area contributed by atoms with E-state index in [9.17, 15) is 19.5 Å². The summed E-state index contributed by atoms with van der Waals surface area (Å²) in [5, 5.41) is 13.4. The Balaban J connectivity index is 1.34. The zero-order chi connectivity index (χ0) is 26.7. The summed E-state index contributed by atoms with van der Waals surface area (Å²) in [6.45, 7) is 2.54. The van der Waals surface area contributed by atoms with Gasteiger partial charge in [0.05, 0.1) is 0 Å². The Morgan fingerprint density at radius 3 is 2.42 bits per heavy atom. The molecule has 0 bridgehead atoms. The number of aliphatic carboxylic acids is 1. The van der Waals surface area contributed by atoms with E-state index >= 15 is 0 Å². The Bertz CT molecular complexity index is 1540. The van der Waals surface area contributed by atoms with Crippen molar-refractivity contribution in [3.8, 4) is 0 Å². The third kappa shape index (κ3) is 5.02. The van der Waals surface area contributed by atoms with Crippen LogP contribution in [0.3, 0.4) is 0 Å². The highest BCUT2D eigenvalue weighted by molar-refractivity contribution is 6.16. The van der Waals surface area contributed by atoms with Crippen LogP contribution in [0.25, 0.3) is 17.0 Å². The van der Waals surface area contributed by atoms with E-state index in [0.29, 0.717) is 36.1 Å². The van der Waals surface area contributed by atoms with Crippen molar-refractivity contribution in [3.05, 3.63) is 113 Å². The van der Waals surface area contributed by atoms with Crippen LogP contribution in [0.15, 0.2) is 85.1 Å². The van der Waals surface area contributed by atoms with E-state index in [2.05, 4.69) is 5.32 Å². The first-order valence-corrected chi connectivity index (χ1v) is 12.9. The van der Waals surface area contributed by atoms with Gasteiger partial charge < -0.3 is 15.0 Å². The SMILES string of the molecule is Cc1ccc(C(=O)c2cn(C/C=C/c3cccc(C(=O)NC4(C(=O)O)CCCC4)c3)c3ccccc23)cc1. The first-order chi connectivity index (χ1) is 18.4. The lowest BCUT2D eigenvalue weighted by Crippen LogP contribution is -2.52. The molecule has 1 fully saturated rings. The van der Waals surface area contributed by atoms with Gasteiger partial charge in [-0.3, -0.25) is 9.59 Å². The van der Waals surface area contributed by atoms with Crippen LogP contribution in [-0.4, -0.2) is 32.9 Å². The van der Waals surface area contributed by atoms with Gasteiger partial charge in [0.15, 0.2) is 5.78 Å². The van der Waals surface area contributed by atoms with Crippen molar-refractivity contribution < 1.29 is 19.5 Å². The average molecular weight is 507 g/mol. The summed E-state index contributed by atoms with van der Waals surface area (Å²) < 4.78 is 2.04. The monoisotopic (exact) mass is 506 g/mol. The number of nitrogens with zero attached hydrogens (tertiary/aromatic N) is 1. The number of amides is 1. The number of ketones is 1. The molecule has 1 aromatic heterocycles. The minimum absolute atomic E-state index is 0.0101. The molecule has 5 rings (SSSR count). The number of benzene rings is 3. The Morgan fingerprint density at radius 2 is 1.68 bits per heavy atom. The predicted octanol–water partition coefficient (Wildman–Crippen LogP) is 6.02.